The minimum absolute atomic E-state index is 0.000178. The van der Waals surface area contributed by atoms with Crippen LogP contribution in [0.2, 0.25) is 0 Å². The van der Waals surface area contributed by atoms with Gasteiger partial charge < -0.3 is 4.42 Å². The van der Waals surface area contributed by atoms with E-state index in [0.717, 1.165) is 11.1 Å². The van der Waals surface area contributed by atoms with Gasteiger partial charge in [-0.25, -0.2) is 0 Å². The maximum absolute atomic E-state index is 7.12. The Morgan fingerprint density at radius 2 is 0.484 bits per heavy atom. The lowest BCUT2D eigenvalue weighted by atomic mass is 9.56. The smallest absolute Gasteiger partial charge is 0.127 e. The molecule has 0 bridgehead atoms. The molecule has 0 saturated heterocycles. The summed E-state index contributed by atoms with van der Waals surface area (Å²) in [6.45, 7) is 0. The Morgan fingerprint density at radius 3 is 0.922 bits per heavy atom. The molecule has 1 aromatic heterocycles. The van der Waals surface area contributed by atoms with Crippen LogP contribution in [-0.2, 0) is 0 Å². The van der Waals surface area contributed by atoms with Gasteiger partial charge >= 0.3 is 0 Å². The molecule has 0 spiro atoms. The highest BCUT2D eigenvalue weighted by molar-refractivity contribution is 6.74. The number of hydrogen-bond donors (Lipinski definition) is 0. The zero-order chi connectivity index (χ0) is 46.3. The van der Waals surface area contributed by atoms with E-state index < -0.39 is 0 Å². The van der Waals surface area contributed by atoms with E-state index in [1.165, 1.54) is 0 Å². The van der Waals surface area contributed by atoms with Gasteiger partial charge in [0.15, 0.2) is 0 Å². The Balaban J connectivity index is 1.44. The van der Waals surface area contributed by atoms with Gasteiger partial charge in [0.05, 0.1) is 0 Å². The Labute approximate surface area is 397 Å². The van der Waals surface area contributed by atoms with Crippen LogP contribution in [0, 0.1) is 0 Å². The zero-order valence-corrected chi connectivity index (χ0v) is 34.1. The minimum atomic E-state index is -0.144. The summed E-state index contributed by atoms with van der Waals surface area (Å²) in [6, 6.07) is 17.5. The van der Waals surface area contributed by atoms with Gasteiger partial charge in [0, 0.05) is 10.8 Å². The summed E-state index contributed by atoms with van der Waals surface area (Å²) in [5.41, 5.74) is 2.68. The van der Waals surface area contributed by atoms with E-state index >= 15 is 0 Å². The Hall–Kier alpha value is -4.69. The predicted molar refractivity (Wildman–Crippen MR) is 293 cm³/mol. The maximum atomic E-state index is 7.12. The van der Waals surface area contributed by atoms with E-state index in [1.54, 1.807) is 0 Å². The van der Waals surface area contributed by atoms with E-state index in [2.05, 4.69) is 0 Å². The van der Waals surface area contributed by atoms with Crippen LogP contribution in [0.5, 0.6) is 0 Å². The van der Waals surface area contributed by atoms with Crippen molar-refractivity contribution in [1.82, 2.24) is 0 Å². The second-order valence-electron chi connectivity index (χ2n) is 15.7. The number of furan rings is 1. The molecule has 0 amide bonds. The molecule has 0 unspecified atom stereocenters. The lowest BCUT2D eigenvalue weighted by molar-refractivity contribution is 0.675. The molecule has 64 heavy (non-hydrogen) atoms. The highest BCUT2D eigenvalue weighted by Crippen LogP contribution is 2.40. The minimum Gasteiger partial charge on any atom is -0.457 e. The van der Waals surface area contributed by atoms with Crippen molar-refractivity contribution in [1.29, 1.82) is 0 Å². The van der Waals surface area contributed by atoms with Crippen LogP contribution in [0.3, 0.4) is 0 Å². The molecule has 8 aromatic carbocycles. The molecule has 9 aromatic rings. The first-order valence-corrected chi connectivity index (χ1v) is 19.4. The topological polar surface area (TPSA) is 13.1 Å². The Bertz CT molecular complexity index is 3470. The Morgan fingerprint density at radius 1 is 0.203 bits per heavy atom. The summed E-state index contributed by atoms with van der Waals surface area (Å²) < 4.78 is 6.08. The first-order valence-electron chi connectivity index (χ1n) is 19.4. The largest absolute Gasteiger partial charge is 0.457 e. The van der Waals surface area contributed by atoms with E-state index in [9.17, 15) is 0 Å². The van der Waals surface area contributed by atoms with Crippen LogP contribution in [0.15, 0.2) is 59.0 Å². The molecule has 9 rings (SSSR count). The zero-order valence-electron chi connectivity index (χ0n) is 34.1. The lowest BCUT2D eigenvalue weighted by Crippen LogP contribution is -2.51. The van der Waals surface area contributed by atoms with E-state index in [-0.39, 0.29) is 159 Å². The van der Waals surface area contributed by atoms with Crippen LogP contribution in [0.1, 0.15) is 0 Å². The fraction of sp³-hybridized carbons (Fsp3) is 0. The van der Waals surface area contributed by atoms with Gasteiger partial charge in [0.1, 0.15) is 160 Å². The second-order valence-corrected chi connectivity index (χ2v) is 15.7. The molecule has 0 N–H and O–H groups in total. The standard InChI is InChI=1S/C44H9B19O/c45-24-20(33(54)41(62)43-22(24)23-34(55)39(60)40(61)42(63)44(23)64-43)21-31(52)29(50)19(30(51)32(21)53)14-17-15(25(46)35(56)37(58)27(17)48)13(16-18(14)28(49)38(59)36(57)26(16)47)12-8-6-11(7-9-12)10-4-2-1-3-5-10/h1-9H. The van der Waals surface area contributed by atoms with Crippen molar-refractivity contribution in [2.45, 2.75) is 0 Å². The summed E-state index contributed by atoms with van der Waals surface area (Å²) in [6.07, 6.45) is 0. The molecule has 20 heteroatoms. The van der Waals surface area contributed by atoms with Gasteiger partial charge in [0.2, 0.25) is 0 Å². The molecule has 0 saturated carbocycles. The van der Waals surface area contributed by atoms with Crippen LogP contribution >= 0.6 is 0 Å². The molecule has 38 radical (unpaired) electrons. The predicted octanol–water partition coefficient (Wildman–Crippen LogP) is -10.4. The highest BCUT2D eigenvalue weighted by atomic mass is 16.3. The molecule has 1 nitrogen and oxygen atoms in total. The van der Waals surface area contributed by atoms with Gasteiger partial charge in [0.25, 0.3) is 0 Å². The van der Waals surface area contributed by atoms with Crippen molar-refractivity contribution in [2.24, 2.45) is 0 Å². The first-order chi connectivity index (χ1) is 30.2. The first kappa shape index (κ1) is 44.5. The maximum Gasteiger partial charge on any atom is 0.127 e. The fourth-order valence-electron chi connectivity index (χ4n) is 8.98. The quantitative estimate of drug-likeness (QED) is 0.129. The SMILES string of the molecule is [B]c1c([B])c(-c2c3c([B])c([B])c([B])c([B])c3c(-c3ccc(-c4ccccc4)cc3)c3c([B])c([B])c([B])c([B])c23)c([B])c([B])c1-c1c([B])c([B])c2oc3c([B])c([B])c([B])c([B])c3c2c1[B]. The van der Waals surface area contributed by atoms with Gasteiger partial charge in [-0.15, -0.1) is 32.8 Å². The Kier molecular flexibility index (Phi) is 10.9. The average molecular weight is 759 g/mol. The summed E-state index contributed by atoms with van der Waals surface area (Å²) in [4.78, 5) is 0. The lowest BCUT2D eigenvalue weighted by Gasteiger charge is -2.32. The van der Waals surface area contributed by atoms with Crippen LogP contribution in [-0.4, -0.2) is 149 Å². The van der Waals surface area contributed by atoms with Crippen LogP contribution in [0.4, 0.5) is 0 Å². The molecular weight excluding hydrogens is 750 g/mol. The molecular formula is C44H9B19O. The van der Waals surface area contributed by atoms with Gasteiger partial charge in [-0.05, 0) is 66.1 Å². The molecule has 0 aliphatic rings. The fourth-order valence-corrected chi connectivity index (χ4v) is 8.98. The van der Waals surface area contributed by atoms with E-state index in [1.807, 2.05) is 54.6 Å². The number of hydrogen-bond acceptors (Lipinski definition) is 1. The third-order valence-electron chi connectivity index (χ3n) is 12.4. The molecule has 0 aliphatic heterocycles. The summed E-state index contributed by atoms with van der Waals surface area (Å²) >= 11 is 0. The van der Waals surface area contributed by atoms with Crippen LogP contribution in [0.25, 0.3) is 88.0 Å². The van der Waals surface area contributed by atoms with E-state index in [4.69, 9.17) is 153 Å². The third-order valence-corrected chi connectivity index (χ3v) is 12.4. The van der Waals surface area contributed by atoms with Gasteiger partial charge in [-0.1, -0.05) is 126 Å². The van der Waals surface area contributed by atoms with Gasteiger partial charge in [-0.3, -0.25) is 0 Å². The van der Waals surface area contributed by atoms with Crippen LogP contribution < -0.4 is 104 Å². The number of benzene rings is 8. The molecule has 1 heterocycles. The van der Waals surface area contributed by atoms with Gasteiger partial charge in [-0.2, -0.15) is 0 Å². The third kappa shape index (κ3) is 6.05. The summed E-state index contributed by atoms with van der Waals surface area (Å²) in [5, 5.41) is 1.48. The number of rotatable bonds is 4. The van der Waals surface area contributed by atoms with Crippen molar-refractivity contribution in [3.05, 3.63) is 54.6 Å². The highest BCUT2D eigenvalue weighted by Gasteiger charge is 2.29. The van der Waals surface area contributed by atoms with Crippen molar-refractivity contribution in [2.75, 3.05) is 0 Å². The monoisotopic (exact) mass is 762 g/mol. The molecule has 0 atom stereocenters. The van der Waals surface area contributed by atoms with Crippen molar-refractivity contribution in [3.63, 3.8) is 0 Å². The summed E-state index contributed by atoms with van der Waals surface area (Å²) in [7, 11) is 128. The average Bonchev–Trinajstić information content (AvgIpc) is 3.71. The van der Waals surface area contributed by atoms with Crippen molar-refractivity contribution < 1.29 is 4.42 Å². The molecule has 0 fully saturated rings. The van der Waals surface area contributed by atoms with Crippen molar-refractivity contribution in [3.8, 4) is 44.5 Å². The summed E-state index contributed by atoms with van der Waals surface area (Å²) in [5.74, 6) is 0. The van der Waals surface area contributed by atoms with Crippen molar-refractivity contribution >= 4 is 296 Å². The molecule has 0 aliphatic carbocycles. The normalized spacial score (nSPS) is 11.7. The number of fused-ring (bicyclic) bond motifs is 5. The molecule has 248 valence electrons. The van der Waals surface area contributed by atoms with E-state index in [0.29, 0.717) is 21.9 Å². The second kappa shape index (κ2) is 15.7.